The van der Waals surface area contributed by atoms with Gasteiger partial charge in [0.15, 0.2) is 0 Å². The SMILES string of the molecule is CC.CC.CC.CC.CC(C)c1cccc2ccccc12.CC(C)c1cccc2ccccc12.Cc1ccc(C(C)C)cc1.Cc1ccc(C(C)C)cc1.c1ccc(Nc2cccc3ccccc23)cc1.c1ccc(Nc2cccc3ccccc23)cc1.c1ccc2c(c1)Cc1ccccc1-2.c1ccc2c(c1)Cc1ccccc1-2. The summed E-state index contributed by atoms with van der Waals surface area (Å²) >= 11 is 0. The minimum Gasteiger partial charge on any atom is -0.355 e. The molecule has 0 fully saturated rings. The zero-order chi connectivity index (χ0) is 82.0. The van der Waals surface area contributed by atoms with Crippen molar-refractivity contribution in [2.75, 3.05) is 10.6 Å². The second kappa shape index (κ2) is 48.8. The fourth-order valence-corrected chi connectivity index (χ4v) is 13.6. The molecular weight excluding hydrogens is 1370 g/mol. The van der Waals surface area contributed by atoms with Gasteiger partial charge in [0.1, 0.15) is 0 Å². The fraction of sp³-hybridized carbons (Fsp3) is 0.214. The molecule has 0 bridgehead atoms. The Hall–Kier alpha value is -11.8. The van der Waals surface area contributed by atoms with Gasteiger partial charge < -0.3 is 10.6 Å². The van der Waals surface area contributed by atoms with Gasteiger partial charge in [-0.15, -0.1) is 0 Å². The van der Waals surface area contributed by atoms with E-state index in [4.69, 9.17) is 0 Å². The molecule has 0 aromatic heterocycles. The molecule has 2 N–H and O–H groups in total. The molecule has 2 nitrogen and oxygen atoms in total. The summed E-state index contributed by atoms with van der Waals surface area (Å²) in [5, 5.41) is 17.4. The largest absolute Gasteiger partial charge is 0.355 e. The molecule has 2 heteroatoms. The Kier molecular flexibility index (Phi) is 38.3. The molecule has 114 heavy (non-hydrogen) atoms. The van der Waals surface area contributed by atoms with Gasteiger partial charge in [-0.1, -0.05) is 462 Å². The molecule has 16 aromatic rings. The van der Waals surface area contributed by atoms with Crippen LogP contribution in [0.3, 0.4) is 0 Å². The normalized spacial score (nSPS) is 10.4. The smallest absolute Gasteiger partial charge is 0.0463 e. The molecule has 16 aromatic carbocycles. The molecule has 0 aliphatic heterocycles. The number of hydrogen-bond donors (Lipinski definition) is 2. The number of rotatable bonds is 8. The average Bonchev–Trinajstić information content (AvgIpc) is 1.65. The number of benzene rings is 16. The Morgan fingerprint density at radius 3 is 0.711 bits per heavy atom. The van der Waals surface area contributed by atoms with Crippen LogP contribution < -0.4 is 10.6 Å². The molecule has 0 spiro atoms. The van der Waals surface area contributed by atoms with Crippen LogP contribution in [-0.4, -0.2) is 0 Å². The van der Waals surface area contributed by atoms with Gasteiger partial charge in [-0.2, -0.15) is 0 Å². The maximum absolute atomic E-state index is 3.45. The summed E-state index contributed by atoms with van der Waals surface area (Å²) in [5.41, 5.74) is 24.4. The molecule has 18 rings (SSSR count). The third-order valence-electron chi connectivity index (χ3n) is 19.5. The van der Waals surface area contributed by atoms with Crippen LogP contribution in [-0.2, 0) is 12.8 Å². The number of anilines is 4. The van der Waals surface area contributed by atoms with Crippen LogP contribution in [0, 0.1) is 13.8 Å². The lowest BCUT2D eigenvalue weighted by molar-refractivity contribution is 0.866. The average molecular weight is 1500 g/mol. The van der Waals surface area contributed by atoms with Gasteiger partial charge in [0.05, 0.1) is 0 Å². The molecule has 2 aliphatic carbocycles. The summed E-state index contributed by atoms with van der Waals surface area (Å²) in [4.78, 5) is 0. The summed E-state index contributed by atoms with van der Waals surface area (Å²) in [6.07, 6.45) is 2.21. The van der Waals surface area contributed by atoms with Crippen molar-refractivity contribution in [3.05, 3.63) is 432 Å². The van der Waals surface area contributed by atoms with Crippen LogP contribution in [0.5, 0.6) is 0 Å². The molecule has 0 amide bonds. The van der Waals surface area contributed by atoms with Gasteiger partial charge in [-0.3, -0.25) is 0 Å². The zero-order valence-corrected chi connectivity index (χ0v) is 71.5. The second-order valence-electron chi connectivity index (χ2n) is 28.6. The van der Waals surface area contributed by atoms with Gasteiger partial charge in [0.2, 0.25) is 0 Å². The van der Waals surface area contributed by atoms with Gasteiger partial charge in [0, 0.05) is 33.5 Å². The van der Waals surface area contributed by atoms with E-state index in [2.05, 4.69) is 420 Å². The van der Waals surface area contributed by atoms with Crippen molar-refractivity contribution in [1.82, 2.24) is 0 Å². The highest BCUT2D eigenvalue weighted by atomic mass is 14.9. The standard InChI is InChI=1S/2C16H13N.2C13H10.2C13H14.2C10H14.4C2H6/c2*1-2-9-14(10-3-1)17-16-12-6-8-13-7-4-5-11-15(13)16;2*1-3-7-12-10(5-1)9-11-6-2-4-8-13(11)12;2*1-10(2)12-9-5-7-11-6-3-4-8-13(11)12;2*1-8(2)10-6-4-9(3)5-7-10;4*1-2/h2*1-12,17H;2*1-8H,9H2;2*3-10H,1-2H3;2*4-8H,1-3H3;4*1-2H3. The number of nitrogens with one attached hydrogen (secondary N) is 2. The second-order valence-corrected chi connectivity index (χ2v) is 28.6. The van der Waals surface area contributed by atoms with E-state index in [1.807, 2.05) is 91.8 Å². The van der Waals surface area contributed by atoms with Crippen molar-refractivity contribution < 1.29 is 0 Å². The monoisotopic (exact) mass is 1500 g/mol. The molecule has 584 valence electrons. The maximum atomic E-state index is 3.45. The summed E-state index contributed by atoms with van der Waals surface area (Å²) in [7, 11) is 0. The molecule has 0 radical (unpaired) electrons. The number of para-hydroxylation sites is 2. The van der Waals surface area contributed by atoms with E-state index in [0.29, 0.717) is 23.7 Å². The van der Waals surface area contributed by atoms with Crippen molar-refractivity contribution in [3.8, 4) is 22.3 Å². The Labute approximate surface area is 687 Å². The predicted octanol–water partition coefficient (Wildman–Crippen LogP) is 34.0. The van der Waals surface area contributed by atoms with Crippen molar-refractivity contribution in [1.29, 1.82) is 0 Å². The number of fused-ring (bicyclic) bond motifs is 10. The van der Waals surface area contributed by atoms with Crippen LogP contribution in [0.1, 0.15) is 190 Å². The first-order valence-corrected chi connectivity index (χ1v) is 41.7. The van der Waals surface area contributed by atoms with E-state index in [1.54, 1.807) is 0 Å². The van der Waals surface area contributed by atoms with Crippen molar-refractivity contribution >= 4 is 65.8 Å². The van der Waals surface area contributed by atoms with Crippen LogP contribution in [0.4, 0.5) is 22.7 Å². The lowest BCUT2D eigenvalue weighted by Gasteiger charge is -2.09. The summed E-state index contributed by atoms with van der Waals surface area (Å²) in [6, 6.07) is 132. The molecule has 2 aliphatic rings. The zero-order valence-electron chi connectivity index (χ0n) is 71.5. The summed E-state index contributed by atoms with van der Waals surface area (Å²) in [6.45, 7) is 38.0. The van der Waals surface area contributed by atoms with E-state index in [9.17, 15) is 0 Å². The highest BCUT2D eigenvalue weighted by Gasteiger charge is 2.17. The van der Waals surface area contributed by atoms with Crippen molar-refractivity contribution in [2.24, 2.45) is 0 Å². The first-order chi connectivity index (χ1) is 55.7. The van der Waals surface area contributed by atoms with Crippen LogP contribution in [0.25, 0.3) is 65.3 Å². The van der Waals surface area contributed by atoms with Crippen LogP contribution in [0.15, 0.2) is 376 Å². The fourth-order valence-electron chi connectivity index (χ4n) is 13.6. The van der Waals surface area contributed by atoms with E-state index in [0.717, 1.165) is 35.6 Å². The third-order valence-corrected chi connectivity index (χ3v) is 19.5. The van der Waals surface area contributed by atoms with Crippen molar-refractivity contribution in [2.45, 2.75) is 161 Å². The Morgan fingerprint density at radius 1 is 0.202 bits per heavy atom. The molecule has 0 saturated heterocycles. The van der Waals surface area contributed by atoms with Gasteiger partial charge >= 0.3 is 0 Å². The highest BCUT2D eigenvalue weighted by molar-refractivity contribution is 5.96. The van der Waals surface area contributed by atoms with Gasteiger partial charge in [-0.25, -0.2) is 0 Å². The summed E-state index contributed by atoms with van der Waals surface area (Å²) < 4.78 is 0. The topological polar surface area (TPSA) is 24.1 Å². The molecule has 0 atom stereocenters. The minimum absolute atomic E-state index is 0.603. The lowest BCUT2D eigenvalue weighted by atomic mass is 9.96. The first-order valence-electron chi connectivity index (χ1n) is 41.7. The number of aryl methyl sites for hydroxylation is 2. The third kappa shape index (κ3) is 26.7. The van der Waals surface area contributed by atoms with Gasteiger partial charge in [0.25, 0.3) is 0 Å². The Morgan fingerprint density at radius 2 is 0.430 bits per heavy atom. The summed E-state index contributed by atoms with van der Waals surface area (Å²) in [5.74, 6) is 2.51. The highest BCUT2D eigenvalue weighted by Crippen LogP contribution is 2.38. The Bertz CT molecular complexity index is 4930. The van der Waals surface area contributed by atoms with E-state index >= 15 is 0 Å². The molecule has 0 saturated carbocycles. The minimum atomic E-state index is 0.603. The van der Waals surface area contributed by atoms with E-state index in [-0.39, 0.29) is 0 Å². The first kappa shape index (κ1) is 89.4. The van der Waals surface area contributed by atoms with Crippen LogP contribution >= 0.6 is 0 Å². The molecule has 0 heterocycles. The Balaban J connectivity index is 0.000000179. The maximum Gasteiger partial charge on any atom is 0.0463 e. The van der Waals surface area contributed by atoms with E-state index in [1.165, 1.54) is 121 Å². The quantitative estimate of drug-likeness (QED) is 0.158. The number of hydrogen-bond acceptors (Lipinski definition) is 2. The van der Waals surface area contributed by atoms with E-state index < -0.39 is 0 Å². The lowest BCUT2D eigenvalue weighted by Crippen LogP contribution is -1.90. The van der Waals surface area contributed by atoms with Crippen LogP contribution in [0.2, 0.25) is 0 Å². The van der Waals surface area contributed by atoms with Crippen molar-refractivity contribution in [3.63, 3.8) is 0 Å². The molecule has 0 unspecified atom stereocenters. The predicted molar refractivity (Wildman–Crippen MR) is 509 cm³/mol. The van der Waals surface area contributed by atoms with Gasteiger partial charge in [-0.05, 0) is 186 Å². The molecular formula is C112H126N2.